The minimum absolute atomic E-state index is 0.0630. The lowest BCUT2D eigenvalue weighted by Crippen LogP contribution is -2.32. The third-order valence-electron chi connectivity index (χ3n) is 2.86. The molecule has 2 heteroatoms. The summed E-state index contributed by atoms with van der Waals surface area (Å²) in [7, 11) is 0. The molecule has 0 aliphatic heterocycles. The number of rotatable bonds is 7. The first-order valence-corrected chi connectivity index (χ1v) is 6.19. The van der Waals surface area contributed by atoms with Gasteiger partial charge < -0.3 is 10.4 Å². The van der Waals surface area contributed by atoms with Crippen LogP contribution in [-0.4, -0.2) is 17.8 Å². The van der Waals surface area contributed by atoms with Gasteiger partial charge in [-0.05, 0) is 18.9 Å². The lowest BCUT2D eigenvalue weighted by Gasteiger charge is -2.22. The Morgan fingerprint density at radius 1 is 1.25 bits per heavy atom. The summed E-state index contributed by atoms with van der Waals surface area (Å²) in [6.45, 7) is 4.54. The molecule has 0 bridgehead atoms. The standard InChI is InChI=1S/C14H23NO/c1-3-4-8-12(2)15-14(11-16)13-9-6-5-7-10-13/h5-7,9-10,12,14-16H,3-4,8,11H2,1-2H3/t12?,14-/m0/s1. The van der Waals surface area contributed by atoms with Gasteiger partial charge in [0.05, 0.1) is 12.6 Å². The number of unbranched alkanes of at least 4 members (excludes halogenated alkanes) is 1. The first-order valence-electron chi connectivity index (χ1n) is 6.19. The Morgan fingerprint density at radius 2 is 1.94 bits per heavy atom. The molecule has 2 nitrogen and oxygen atoms in total. The third-order valence-corrected chi connectivity index (χ3v) is 2.86. The van der Waals surface area contributed by atoms with E-state index in [9.17, 15) is 5.11 Å². The van der Waals surface area contributed by atoms with Crippen molar-refractivity contribution >= 4 is 0 Å². The fraction of sp³-hybridized carbons (Fsp3) is 0.571. The van der Waals surface area contributed by atoms with E-state index in [-0.39, 0.29) is 12.6 Å². The quantitative estimate of drug-likeness (QED) is 0.742. The molecular weight excluding hydrogens is 198 g/mol. The summed E-state index contributed by atoms with van der Waals surface area (Å²) in [5.41, 5.74) is 1.16. The first-order chi connectivity index (χ1) is 7.77. The van der Waals surface area contributed by atoms with Crippen molar-refractivity contribution in [3.63, 3.8) is 0 Å². The zero-order valence-corrected chi connectivity index (χ0v) is 10.3. The van der Waals surface area contributed by atoms with E-state index in [0.29, 0.717) is 6.04 Å². The molecule has 0 saturated heterocycles. The van der Waals surface area contributed by atoms with Crippen LogP contribution in [0.1, 0.15) is 44.7 Å². The lowest BCUT2D eigenvalue weighted by molar-refractivity contribution is 0.232. The summed E-state index contributed by atoms with van der Waals surface area (Å²) >= 11 is 0. The van der Waals surface area contributed by atoms with Gasteiger partial charge >= 0.3 is 0 Å². The molecule has 1 aromatic carbocycles. The average molecular weight is 221 g/mol. The third kappa shape index (κ3) is 4.33. The highest BCUT2D eigenvalue weighted by atomic mass is 16.3. The van der Waals surface area contributed by atoms with Crippen molar-refractivity contribution in [1.29, 1.82) is 0 Å². The van der Waals surface area contributed by atoms with Crippen LogP contribution in [0.25, 0.3) is 0 Å². The van der Waals surface area contributed by atoms with Gasteiger partial charge in [-0.3, -0.25) is 0 Å². The van der Waals surface area contributed by atoms with Crippen LogP contribution in [0, 0.1) is 0 Å². The molecule has 1 aromatic rings. The lowest BCUT2D eigenvalue weighted by atomic mass is 10.1. The van der Waals surface area contributed by atoms with Crippen LogP contribution in [0.3, 0.4) is 0 Å². The summed E-state index contributed by atoms with van der Waals surface area (Å²) < 4.78 is 0. The Kier molecular flexibility index (Phi) is 6.12. The minimum Gasteiger partial charge on any atom is -0.394 e. The molecule has 0 heterocycles. The van der Waals surface area contributed by atoms with Crippen molar-refractivity contribution in [2.45, 2.75) is 45.2 Å². The number of aliphatic hydroxyl groups is 1. The molecule has 1 unspecified atom stereocenters. The topological polar surface area (TPSA) is 32.3 Å². The van der Waals surface area contributed by atoms with Gasteiger partial charge in [0.1, 0.15) is 0 Å². The van der Waals surface area contributed by atoms with E-state index >= 15 is 0 Å². The summed E-state index contributed by atoms with van der Waals surface area (Å²) in [6, 6.07) is 10.6. The van der Waals surface area contributed by atoms with Gasteiger partial charge in [-0.2, -0.15) is 0 Å². The van der Waals surface area contributed by atoms with E-state index < -0.39 is 0 Å². The Labute approximate surface area is 98.7 Å². The molecule has 0 saturated carbocycles. The van der Waals surface area contributed by atoms with E-state index in [1.807, 2.05) is 18.2 Å². The van der Waals surface area contributed by atoms with Crippen LogP contribution in [0.2, 0.25) is 0 Å². The van der Waals surface area contributed by atoms with Gasteiger partial charge in [0.2, 0.25) is 0 Å². The highest BCUT2D eigenvalue weighted by molar-refractivity contribution is 5.18. The molecule has 16 heavy (non-hydrogen) atoms. The van der Waals surface area contributed by atoms with Crippen molar-refractivity contribution in [3.05, 3.63) is 35.9 Å². The summed E-state index contributed by atoms with van der Waals surface area (Å²) in [5.74, 6) is 0. The first kappa shape index (κ1) is 13.2. The summed E-state index contributed by atoms with van der Waals surface area (Å²) in [5, 5.41) is 12.9. The van der Waals surface area contributed by atoms with Gasteiger partial charge in [-0.15, -0.1) is 0 Å². The molecule has 0 aliphatic rings. The van der Waals surface area contributed by atoms with Crippen LogP contribution >= 0.6 is 0 Å². The molecule has 0 amide bonds. The molecule has 2 atom stereocenters. The number of benzene rings is 1. The van der Waals surface area contributed by atoms with Crippen LogP contribution in [0.15, 0.2) is 30.3 Å². The van der Waals surface area contributed by atoms with Gasteiger partial charge in [-0.1, -0.05) is 50.1 Å². The number of aliphatic hydroxyl groups excluding tert-OH is 1. The number of hydrogen-bond donors (Lipinski definition) is 2. The fourth-order valence-corrected chi connectivity index (χ4v) is 1.88. The second-order valence-corrected chi connectivity index (χ2v) is 4.36. The second kappa shape index (κ2) is 7.42. The molecule has 2 N–H and O–H groups in total. The maximum Gasteiger partial charge on any atom is 0.0626 e. The molecule has 0 fully saturated rings. The summed E-state index contributed by atoms with van der Waals surface area (Å²) in [4.78, 5) is 0. The predicted molar refractivity (Wildman–Crippen MR) is 68.4 cm³/mol. The number of hydrogen-bond acceptors (Lipinski definition) is 2. The Hall–Kier alpha value is -0.860. The van der Waals surface area contributed by atoms with Gasteiger partial charge in [0, 0.05) is 6.04 Å². The van der Waals surface area contributed by atoms with E-state index in [4.69, 9.17) is 0 Å². The second-order valence-electron chi connectivity index (χ2n) is 4.36. The Bertz CT molecular complexity index is 273. The largest absolute Gasteiger partial charge is 0.394 e. The van der Waals surface area contributed by atoms with Gasteiger partial charge in [-0.25, -0.2) is 0 Å². The van der Waals surface area contributed by atoms with Crippen LogP contribution in [0.5, 0.6) is 0 Å². The maximum absolute atomic E-state index is 9.39. The minimum atomic E-state index is 0.0630. The average Bonchev–Trinajstić information content (AvgIpc) is 2.34. The molecule has 0 radical (unpaired) electrons. The molecule has 0 spiro atoms. The molecule has 0 aromatic heterocycles. The van der Waals surface area contributed by atoms with Crippen LogP contribution < -0.4 is 5.32 Å². The zero-order valence-electron chi connectivity index (χ0n) is 10.3. The smallest absolute Gasteiger partial charge is 0.0626 e. The van der Waals surface area contributed by atoms with E-state index in [2.05, 4.69) is 31.3 Å². The molecule has 90 valence electrons. The van der Waals surface area contributed by atoms with Crippen LogP contribution in [0.4, 0.5) is 0 Å². The number of nitrogens with one attached hydrogen (secondary N) is 1. The monoisotopic (exact) mass is 221 g/mol. The van der Waals surface area contributed by atoms with Gasteiger partial charge in [0.15, 0.2) is 0 Å². The van der Waals surface area contributed by atoms with E-state index in [1.165, 1.54) is 19.3 Å². The fourth-order valence-electron chi connectivity index (χ4n) is 1.88. The predicted octanol–water partition coefficient (Wildman–Crippen LogP) is 2.89. The summed E-state index contributed by atoms with van der Waals surface area (Å²) in [6.07, 6.45) is 3.63. The Morgan fingerprint density at radius 3 is 2.50 bits per heavy atom. The van der Waals surface area contributed by atoms with Crippen molar-refractivity contribution in [2.24, 2.45) is 0 Å². The normalized spacial score (nSPS) is 14.7. The van der Waals surface area contributed by atoms with Gasteiger partial charge in [0.25, 0.3) is 0 Å². The van der Waals surface area contributed by atoms with Crippen molar-refractivity contribution in [3.8, 4) is 0 Å². The highest BCUT2D eigenvalue weighted by Gasteiger charge is 2.12. The van der Waals surface area contributed by atoms with Crippen LogP contribution in [-0.2, 0) is 0 Å². The molecule has 0 aliphatic carbocycles. The Balaban J connectivity index is 2.49. The zero-order chi connectivity index (χ0) is 11.8. The molecular formula is C14H23NO. The van der Waals surface area contributed by atoms with E-state index in [1.54, 1.807) is 0 Å². The van der Waals surface area contributed by atoms with Crippen molar-refractivity contribution in [1.82, 2.24) is 5.32 Å². The van der Waals surface area contributed by atoms with Crippen molar-refractivity contribution in [2.75, 3.05) is 6.61 Å². The molecule has 1 rings (SSSR count). The highest BCUT2D eigenvalue weighted by Crippen LogP contribution is 2.13. The maximum atomic E-state index is 9.39. The van der Waals surface area contributed by atoms with E-state index in [0.717, 1.165) is 5.56 Å². The SMILES string of the molecule is CCCCC(C)N[C@@H](CO)c1ccccc1. The van der Waals surface area contributed by atoms with Crippen molar-refractivity contribution < 1.29 is 5.11 Å².